The van der Waals surface area contributed by atoms with E-state index in [-0.39, 0.29) is 17.4 Å². The second-order valence-corrected chi connectivity index (χ2v) is 7.26. The van der Waals surface area contributed by atoms with Crippen molar-refractivity contribution in [3.05, 3.63) is 24.5 Å². The number of nitrogens with zero attached hydrogens (tertiary/aromatic N) is 3. The van der Waals surface area contributed by atoms with Crippen LogP contribution in [0.15, 0.2) is 24.5 Å². The Morgan fingerprint density at radius 1 is 1.46 bits per heavy atom. The Labute approximate surface area is 143 Å². The maximum atomic E-state index is 12.2. The number of carbonyl (C=O) groups excluding carboxylic acids is 1. The zero-order chi connectivity index (χ0) is 17.0. The zero-order valence-electron chi connectivity index (χ0n) is 14.6. The summed E-state index contributed by atoms with van der Waals surface area (Å²) in [5.41, 5.74) is 0.220. The van der Waals surface area contributed by atoms with Gasteiger partial charge in [0.1, 0.15) is 12.4 Å². The fraction of sp³-hybridized carbons (Fsp3) is 0.667. The number of piperidine rings is 1. The summed E-state index contributed by atoms with van der Waals surface area (Å²) in [5, 5.41) is 0. The molecule has 0 aliphatic carbocycles. The van der Waals surface area contributed by atoms with Gasteiger partial charge in [-0.3, -0.25) is 9.78 Å². The molecule has 2 saturated heterocycles. The lowest BCUT2D eigenvalue weighted by Gasteiger charge is -2.38. The summed E-state index contributed by atoms with van der Waals surface area (Å²) in [7, 11) is 3.86. The molecule has 2 aliphatic rings. The van der Waals surface area contributed by atoms with Crippen molar-refractivity contribution >= 4 is 5.91 Å². The van der Waals surface area contributed by atoms with Crippen molar-refractivity contribution in [2.24, 2.45) is 5.41 Å². The number of likely N-dealkylation sites (N-methyl/N-ethyl adjacent to an activating group) is 1. The molecule has 132 valence electrons. The highest BCUT2D eigenvalue weighted by Gasteiger charge is 2.43. The SMILES string of the molecule is CN(C)CC(=O)N1CCC2(CC1)CO[C@H](COc1cccnc1)C2. The summed E-state index contributed by atoms with van der Waals surface area (Å²) < 4.78 is 11.7. The van der Waals surface area contributed by atoms with Gasteiger partial charge in [-0.25, -0.2) is 0 Å². The van der Waals surface area contributed by atoms with Crippen LogP contribution in [0.1, 0.15) is 19.3 Å². The molecule has 0 unspecified atom stereocenters. The van der Waals surface area contributed by atoms with E-state index in [2.05, 4.69) is 4.98 Å². The average Bonchev–Trinajstić information content (AvgIpc) is 2.97. The van der Waals surface area contributed by atoms with Gasteiger partial charge in [-0.2, -0.15) is 0 Å². The number of rotatable bonds is 5. The standard InChI is InChI=1S/C18H27N3O3/c1-20(2)12-17(22)21-8-5-18(6-9-21)10-16(24-14-18)13-23-15-4-3-7-19-11-15/h3-4,7,11,16H,5-6,8-10,12-14H2,1-2H3/t16-/m0/s1. The van der Waals surface area contributed by atoms with Gasteiger partial charge in [-0.1, -0.05) is 0 Å². The van der Waals surface area contributed by atoms with E-state index >= 15 is 0 Å². The first-order valence-corrected chi connectivity index (χ1v) is 8.63. The summed E-state index contributed by atoms with van der Waals surface area (Å²) in [4.78, 5) is 20.1. The van der Waals surface area contributed by atoms with Crippen LogP contribution in [0.3, 0.4) is 0 Å². The second kappa shape index (κ2) is 7.49. The normalized spacial score (nSPS) is 23.0. The Balaban J connectivity index is 1.45. The summed E-state index contributed by atoms with van der Waals surface area (Å²) in [6.07, 6.45) is 6.65. The molecule has 3 heterocycles. The molecule has 0 radical (unpaired) electrons. The summed E-state index contributed by atoms with van der Waals surface area (Å²) in [6.45, 7) is 3.52. The van der Waals surface area contributed by atoms with Crippen molar-refractivity contribution in [3.8, 4) is 5.75 Å². The third kappa shape index (κ3) is 4.24. The van der Waals surface area contributed by atoms with E-state index in [1.165, 1.54) is 0 Å². The van der Waals surface area contributed by atoms with E-state index in [9.17, 15) is 4.79 Å². The first-order valence-electron chi connectivity index (χ1n) is 8.63. The van der Waals surface area contributed by atoms with Crippen LogP contribution in [0.5, 0.6) is 5.75 Å². The van der Waals surface area contributed by atoms with E-state index in [1.807, 2.05) is 36.0 Å². The molecule has 1 aromatic heterocycles. The van der Waals surface area contributed by atoms with E-state index in [0.29, 0.717) is 13.2 Å². The number of likely N-dealkylation sites (tertiary alicyclic amines) is 1. The van der Waals surface area contributed by atoms with E-state index in [1.54, 1.807) is 12.4 Å². The number of aromatic nitrogens is 1. The molecule has 6 heteroatoms. The number of hydrogen-bond acceptors (Lipinski definition) is 5. The predicted octanol–water partition coefficient (Wildman–Crippen LogP) is 1.42. The Bertz CT molecular complexity index is 542. The van der Waals surface area contributed by atoms with Crippen LogP contribution in [-0.4, -0.2) is 73.7 Å². The first-order chi connectivity index (χ1) is 11.6. The van der Waals surface area contributed by atoms with Gasteiger partial charge in [0.25, 0.3) is 0 Å². The molecule has 0 saturated carbocycles. The van der Waals surface area contributed by atoms with Crippen molar-refractivity contribution in [1.29, 1.82) is 0 Å². The highest BCUT2D eigenvalue weighted by molar-refractivity contribution is 5.78. The topological polar surface area (TPSA) is 54.9 Å². The largest absolute Gasteiger partial charge is 0.489 e. The minimum atomic E-state index is 0.134. The van der Waals surface area contributed by atoms with Crippen LogP contribution in [0.2, 0.25) is 0 Å². The molecule has 0 aromatic carbocycles. The fourth-order valence-corrected chi connectivity index (χ4v) is 3.57. The molecule has 0 bridgehead atoms. The molecule has 1 atom stereocenters. The third-order valence-electron chi connectivity index (χ3n) is 4.98. The number of pyridine rings is 1. The minimum Gasteiger partial charge on any atom is -0.489 e. The maximum Gasteiger partial charge on any atom is 0.236 e. The third-order valence-corrected chi connectivity index (χ3v) is 4.98. The molecule has 1 amide bonds. The molecule has 2 fully saturated rings. The molecule has 24 heavy (non-hydrogen) atoms. The van der Waals surface area contributed by atoms with E-state index < -0.39 is 0 Å². The van der Waals surface area contributed by atoms with Crippen molar-refractivity contribution in [2.75, 3.05) is 46.9 Å². The van der Waals surface area contributed by atoms with Crippen molar-refractivity contribution in [3.63, 3.8) is 0 Å². The van der Waals surface area contributed by atoms with Gasteiger partial charge in [0.05, 0.1) is 25.5 Å². The number of hydrogen-bond donors (Lipinski definition) is 0. The Hall–Kier alpha value is -1.66. The lowest BCUT2D eigenvalue weighted by atomic mass is 9.76. The van der Waals surface area contributed by atoms with Crippen LogP contribution < -0.4 is 4.74 Å². The lowest BCUT2D eigenvalue weighted by Crippen LogP contribution is -2.46. The molecule has 2 aliphatic heterocycles. The molecular weight excluding hydrogens is 306 g/mol. The average molecular weight is 333 g/mol. The van der Waals surface area contributed by atoms with Crippen LogP contribution in [0.25, 0.3) is 0 Å². The van der Waals surface area contributed by atoms with Crippen LogP contribution >= 0.6 is 0 Å². The Morgan fingerprint density at radius 3 is 2.92 bits per heavy atom. The van der Waals surface area contributed by atoms with E-state index in [4.69, 9.17) is 9.47 Å². The molecule has 0 N–H and O–H groups in total. The van der Waals surface area contributed by atoms with Gasteiger partial charge < -0.3 is 19.3 Å². The second-order valence-electron chi connectivity index (χ2n) is 7.26. The van der Waals surface area contributed by atoms with Crippen molar-refractivity contribution < 1.29 is 14.3 Å². The van der Waals surface area contributed by atoms with E-state index in [0.717, 1.165) is 44.7 Å². The Morgan fingerprint density at radius 2 is 2.25 bits per heavy atom. The number of amides is 1. The Kier molecular flexibility index (Phi) is 5.36. The molecular formula is C18H27N3O3. The zero-order valence-corrected chi connectivity index (χ0v) is 14.6. The van der Waals surface area contributed by atoms with Crippen LogP contribution in [0, 0.1) is 5.41 Å². The van der Waals surface area contributed by atoms with Gasteiger partial charge in [-0.15, -0.1) is 0 Å². The first kappa shape index (κ1) is 17.2. The molecule has 1 spiro atoms. The van der Waals surface area contributed by atoms with Gasteiger partial charge in [-0.05, 0) is 50.9 Å². The monoisotopic (exact) mass is 333 g/mol. The summed E-state index contributed by atoms with van der Waals surface area (Å²) in [6, 6.07) is 3.78. The number of carbonyl (C=O) groups is 1. The van der Waals surface area contributed by atoms with Gasteiger partial charge in [0.15, 0.2) is 0 Å². The molecule has 6 nitrogen and oxygen atoms in total. The summed E-state index contributed by atoms with van der Waals surface area (Å²) >= 11 is 0. The number of ether oxygens (including phenoxy) is 2. The predicted molar refractivity (Wildman–Crippen MR) is 90.9 cm³/mol. The fourth-order valence-electron chi connectivity index (χ4n) is 3.57. The van der Waals surface area contributed by atoms with Crippen molar-refractivity contribution in [2.45, 2.75) is 25.4 Å². The maximum absolute atomic E-state index is 12.2. The summed E-state index contributed by atoms with van der Waals surface area (Å²) in [5.74, 6) is 1.01. The molecule has 1 aromatic rings. The molecule has 3 rings (SSSR count). The smallest absolute Gasteiger partial charge is 0.236 e. The quantitative estimate of drug-likeness (QED) is 0.816. The minimum absolute atomic E-state index is 0.134. The lowest BCUT2D eigenvalue weighted by molar-refractivity contribution is -0.134. The van der Waals surface area contributed by atoms with Crippen molar-refractivity contribution in [1.82, 2.24) is 14.8 Å². The van der Waals surface area contributed by atoms with Gasteiger partial charge in [0.2, 0.25) is 5.91 Å². The van der Waals surface area contributed by atoms with Gasteiger partial charge >= 0.3 is 0 Å². The van der Waals surface area contributed by atoms with Crippen LogP contribution in [0.4, 0.5) is 0 Å². The highest BCUT2D eigenvalue weighted by Crippen LogP contribution is 2.42. The van der Waals surface area contributed by atoms with Crippen LogP contribution in [-0.2, 0) is 9.53 Å². The van der Waals surface area contributed by atoms with Gasteiger partial charge in [0, 0.05) is 19.3 Å². The highest BCUT2D eigenvalue weighted by atomic mass is 16.5.